The number of halogens is 1. The maximum atomic E-state index is 12.2. The zero-order valence-electron chi connectivity index (χ0n) is 18.0. The van der Waals surface area contributed by atoms with Gasteiger partial charge >= 0.3 is 0 Å². The fourth-order valence-electron chi connectivity index (χ4n) is 4.59. The Labute approximate surface area is 185 Å². The van der Waals surface area contributed by atoms with Crippen molar-refractivity contribution in [3.05, 3.63) is 70.2 Å². The first kappa shape index (κ1) is 22.6. The van der Waals surface area contributed by atoms with Gasteiger partial charge in [-0.05, 0) is 92.2 Å². The van der Waals surface area contributed by atoms with Crippen LogP contribution in [0, 0.1) is 5.92 Å². The quantitative estimate of drug-likeness (QED) is 0.465. The number of carbonyl (C=O) groups excluding carboxylic acids is 2. The Morgan fingerprint density at radius 2 is 1.90 bits per heavy atom. The second-order valence-corrected chi connectivity index (χ2v) is 9.19. The fraction of sp³-hybridized carbons (Fsp3) is 0.462. The molecule has 3 nitrogen and oxygen atoms in total. The number of carbonyl (C=O) groups is 2. The molecule has 0 saturated heterocycles. The van der Waals surface area contributed by atoms with Crippen LogP contribution in [0.1, 0.15) is 85.7 Å². The predicted octanol–water partition coefficient (Wildman–Crippen LogP) is 6.52. The largest absolute Gasteiger partial charge is 0.352 e. The molecule has 2 aromatic rings. The number of hydrogen-bond acceptors (Lipinski definition) is 2. The molecule has 0 aliphatic heterocycles. The SMILES string of the molecule is CC(=O)CCCNC(=O)c1ccc([C@H]2CCC(C[C@H](C)c3cccc(Cl)c3)C2)cc1. The summed E-state index contributed by atoms with van der Waals surface area (Å²) >= 11 is 6.15. The number of benzene rings is 2. The first-order valence-electron chi connectivity index (χ1n) is 11.1. The lowest BCUT2D eigenvalue weighted by molar-refractivity contribution is -0.117. The lowest BCUT2D eigenvalue weighted by Gasteiger charge is -2.18. The Bertz CT molecular complexity index is 862. The van der Waals surface area contributed by atoms with E-state index in [1.165, 1.54) is 36.8 Å². The normalized spacial score (nSPS) is 19.4. The molecule has 2 aromatic carbocycles. The number of ketones is 1. The summed E-state index contributed by atoms with van der Waals surface area (Å²) in [5, 5.41) is 3.70. The van der Waals surface area contributed by atoms with Crippen LogP contribution in [0.3, 0.4) is 0 Å². The van der Waals surface area contributed by atoms with Crippen molar-refractivity contribution < 1.29 is 9.59 Å². The van der Waals surface area contributed by atoms with Gasteiger partial charge in [-0.2, -0.15) is 0 Å². The number of rotatable bonds is 9. The molecule has 30 heavy (non-hydrogen) atoms. The summed E-state index contributed by atoms with van der Waals surface area (Å²) in [6.45, 7) is 4.41. The van der Waals surface area contributed by atoms with E-state index in [0.29, 0.717) is 36.8 Å². The van der Waals surface area contributed by atoms with Gasteiger partial charge in [0, 0.05) is 23.6 Å². The van der Waals surface area contributed by atoms with Crippen LogP contribution in [0.5, 0.6) is 0 Å². The highest BCUT2D eigenvalue weighted by Gasteiger charge is 2.27. The average Bonchev–Trinajstić information content (AvgIpc) is 3.19. The predicted molar refractivity (Wildman–Crippen MR) is 123 cm³/mol. The maximum Gasteiger partial charge on any atom is 0.251 e. The topological polar surface area (TPSA) is 46.2 Å². The smallest absolute Gasteiger partial charge is 0.251 e. The van der Waals surface area contributed by atoms with Crippen molar-refractivity contribution in [1.29, 1.82) is 0 Å². The molecule has 1 aliphatic rings. The number of Topliss-reactive ketones (excluding diaryl/α,β-unsaturated/α-hetero) is 1. The molecule has 0 aromatic heterocycles. The van der Waals surface area contributed by atoms with Crippen molar-refractivity contribution in [3.63, 3.8) is 0 Å². The molecule has 1 unspecified atom stereocenters. The van der Waals surface area contributed by atoms with E-state index in [0.717, 1.165) is 10.9 Å². The van der Waals surface area contributed by atoms with Crippen molar-refractivity contribution in [2.75, 3.05) is 6.54 Å². The summed E-state index contributed by atoms with van der Waals surface area (Å²) in [6.07, 6.45) is 6.07. The Hall–Kier alpha value is -2.13. The summed E-state index contributed by atoms with van der Waals surface area (Å²) in [4.78, 5) is 23.2. The fourth-order valence-corrected chi connectivity index (χ4v) is 4.79. The number of hydrogen-bond donors (Lipinski definition) is 1. The highest BCUT2D eigenvalue weighted by molar-refractivity contribution is 6.30. The van der Waals surface area contributed by atoms with E-state index in [2.05, 4.69) is 36.5 Å². The highest BCUT2D eigenvalue weighted by Crippen LogP contribution is 2.42. The Balaban J connectivity index is 1.49. The summed E-state index contributed by atoms with van der Waals surface area (Å²) in [5.74, 6) is 1.92. The second kappa shape index (κ2) is 10.8. The van der Waals surface area contributed by atoms with E-state index in [4.69, 9.17) is 11.6 Å². The van der Waals surface area contributed by atoms with Gasteiger partial charge in [0.25, 0.3) is 5.91 Å². The van der Waals surface area contributed by atoms with Crippen LogP contribution in [-0.2, 0) is 4.79 Å². The summed E-state index contributed by atoms with van der Waals surface area (Å²) in [7, 11) is 0. The third-order valence-electron chi connectivity index (χ3n) is 6.28. The Kier molecular flexibility index (Phi) is 8.09. The van der Waals surface area contributed by atoms with Crippen molar-refractivity contribution in [3.8, 4) is 0 Å². The van der Waals surface area contributed by atoms with E-state index < -0.39 is 0 Å². The standard InChI is InChI=1S/C26H32ClNO2/c1-18(23-6-3-7-25(27)17-23)15-20-8-9-24(16-20)21-10-12-22(13-11-21)26(30)28-14-4-5-19(2)29/h3,6-7,10-13,17-18,20,24H,4-5,8-9,14-16H2,1-2H3,(H,28,30)/t18-,20?,24-/m0/s1. The van der Waals surface area contributed by atoms with Gasteiger partial charge in [-0.3, -0.25) is 4.79 Å². The first-order valence-corrected chi connectivity index (χ1v) is 11.4. The molecule has 1 fully saturated rings. The van der Waals surface area contributed by atoms with Crippen molar-refractivity contribution in [1.82, 2.24) is 5.32 Å². The van der Waals surface area contributed by atoms with Gasteiger partial charge in [0.15, 0.2) is 0 Å². The minimum absolute atomic E-state index is 0.0650. The maximum absolute atomic E-state index is 12.2. The van der Waals surface area contributed by atoms with Gasteiger partial charge < -0.3 is 10.1 Å². The van der Waals surface area contributed by atoms with Crippen LogP contribution in [-0.4, -0.2) is 18.2 Å². The van der Waals surface area contributed by atoms with Crippen LogP contribution < -0.4 is 5.32 Å². The third kappa shape index (κ3) is 6.43. The van der Waals surface area contributed by atoms with E-state index in [1.54, 1.807) is 6.92 Å². The van der Waals surface area contributed by atoms with Crippen molar-refractivity contribution >= 4 is 23.3 Å². The Morgan fingerprint density at radius 3 is 2.60 bits per heavy atom. The van der Waals surface area contributed by atoms with Crippen molar-refractivity contribution in [2.45, 2.75) is 64.2 Å². The zero-order valence-corrected chi connectivity index (χ0v) is 18.8. The summed E-state index contributed by atoms with van der Waals surface area (Å²) < 4.78 is 0. The monoisotopic (exact) mass is 425 g/mol. The molecular weight excluding hydrogens is 394 g/mol. The van der Waals surface area contributed by atoms with E-state index >= 15 is 0 Å². The molecule has 0 radical (unpaired) electrons. The summed E-state index contributed by atoms with van der Waals surface area (Å²) in [5.41, 5.74) is 3.34. The van der Waals surface area contributed by atoms with Crippen LogP contribution in [0.25, 0.3) is 0 Å². The molecule has 160 valence electrons. The minimum Gasteiger partial charge on any atom is -0.352 e. The average molecular weight is 426 g/mol. The van der Waals surface area contributed by atoms with Crippen LogP contribution in [0.4, 0.5) is 0 Å². The highest BCUT2D eigenvalue weighted by atomic mass is 35.5. The zero-order chi connectivity index (χ0) is 21.5. The molecule has 0 heterocycles. The first-order chi connectivity index (χ1) is 14.4. The second-order valence-electron chi connectivity index (χ2n) is 8.75. The molecule has 1 aliphatic carbocycles. The van der Waals surface area contributed by atoms with E-state index in [9.17, 15) is 9.59 Å². The van der Waals surface area contributed by atoms with Gasteiger partial charge in [0.05, 0.1) is 0 Å². The lowest BCUT2D eigenvalue weighted by atomic mass is 9.88. The van der Waals surface area contributed by atoms with E-state index in [1.807, 2.05) is 24.3 Å². The molecule has 3 rings (SSSR count). The molecule has 3 atom stereocenters. The van der Waals surface area contributed by atoms with Crippen LogP contribution in [0.2, 0.25) is 5.02 Å². The van der Waals surface area contributed by atoms with Gasteiger partial charge in [-0.1, -0.05) is 42.8 Å². The molecule has 0 spiro atoms. The lowest BCUT2D eigenvalue weighted by Crippen LogP contribution is -2.24. The number of amides is 1. The minimum atomic E-state index is -0.0650. The van der Waals surface area contributed by atoms with Gasteiger partial charge in [-0.25, -0.2) is 0 Å². The summed E-state index contributed by atoms with van der Waals surface area (Å²) in [6, 6.07) is 16.3. The van der Waals surface area contributed by atoms with E-state index in [-0.39, 0.29) is 11.7 Å². The molecule has 0 bridgehead atoms. The van der Waals surface area contributed by atoms with Gasteiger partial charge in [-0.15, -0.1) is 0 Å². The van der Waals surface area contributed by atoms with Gasteiger partial charge in [0.2, 0.25) is 0 Å². The molecule has 1 saturated carbocycles. The van der Waals surface area contributed by atoms with Crippen LogP contribution in [0.15, 0.2) is 48.5 Å². The van der Waals surface area contributed by atoms with Crippen LogP contribution >= 0.6 is 11.6 Å². The van der Waals surface area contributed by atoms with Gasteiger partial charge in [0.1, 0.15) is 5.78 Å². The van der Waals surface area contributed by atoms with Crippen molar-refractivity contribution in [2.24, 2.45) is 5.92 Å². The molecule has 1 N–H and O–H groups in total. The molecular formula is C26H32ClNO2. The molecule has 1 amide bonds. The number of nitrogens with one attached hydrogen (secondary N) is 1. The Morgan fingerprint density at radius 1 is 1.13 bits per heavy atom. The molecule has 4 heteroatoms. The third-order valence-corrected chi connectivity index (χ3v) is 6.52.